The molecule has 0 fully saturated rings. The highest BCUT2D eigenvalue weighted by molar-refractivity contribution is 5.39. The molecule has 0 radical (unpaired) electrons. The van der Waals surface area contributed by atoms with E-state index < -0.39 is 6.10 Å². The second kappa shape index (κ2) is 4.94. The smallest absolute Gasteiger partial charge is 0.119 e. The zero-order valence-electron chi connectivity index (χ0n) is 12.1. The highest BCUT2D eigenvalue weighted by atomic mass is 16.5. The van der Waals surface area contributed by atoms with E-state index in [0.717, 1.165) is 35.5 Å². The molecule has 1 heterocycles. The van der Waals surface area contributed by atoms with Crippen molar-refractivity contribution in [3.8, 4) is 5.75 Å². The summed E-state index contributed by atoms with van der Waals surface area (Å²) in [5, 5.41) is 10.7. The van der Waals surface area contributed by atoms with Gasteiger partial charge in [-0.1, -0.05) is 6.07 Å². The van der Waals surface area contributed by atoms with Crippen molar-refractivity contribution >= 4 is 0 Å². The molecule has 4 nitrogen and oxygen atoms in total. The summed E-state index contributed by atoms with van der Waals surface area (Å²) < 4.78 is 7.36. The van der Waals surface area contributed by atoms with Gasteiger partial charge in [-0.05, 0) is 49.9 Å². The number of imidazole rings is 1. The Labute approximate surface area is 119 Å². The van der Waals surface area contributed by atoms with Crippen molar-refractivity contribution in [1.29, 1.82) is 0 Å². The number of rotatable bonds is 2. The van der Waals surface area contributed by atoms with E-state index in [0.29, 0.717) is 0 Å². The molecule has 106 valence electrons. The van der Waals surface area contributed by atoms with Gasteiger partial charge < -0.3 is 14.4 Å². The number of methoxy groups -OCH3 is 1. The second-order valence-electron chi connectivity index (χ2n) is 5.44. The Hall–Kier alpha value is -1.81. The van der Waals surface area contributed by atoms with Crippen molar-refractivity contribution in [3.05, 3.63) is 47.0 Å². The van der Waals surface area contributed by atoms with Crippen LogP contribution in [0.15, 0.2) is 24.5 Å². The van der Waals surface area contributed by atoms with E-state index in [1.165, 1.54) is 5.56 Å². The highest BCUT2D eigenvalue weighted by Crippen LogP contribution is 2.39. The van der Waals surface area contributed by atoms with E-state index >= 15 is 0 Å². The lowest BCUT2D eigenvalue weighted by molar-refractivity contribution is 0.0977. The zero-order chi connectivity index (χ0) is 14.3. The summed E-state index contributed by atoms with van der Waals surface area (Å²) >= 11 is 0. The minimum Gasteiger partial charge on any atom is -0.497 e. The molecule has 3 rings (SSSR count). The lowest BCUT2D eigenvalue weighted by Crippen LogP contribution is -2.24. The van der Waals surface area contributed by atoms with Gasteiger partial charge in [0.25, 0.3) is 0 Å². The van der Waals surface area contributed by atoms with Crippen molar-refractivity contribution in [2.24, 2.45) is 0 Å². The molecule has 0 aliphatic heterocycles. The quantitative estimate of drug-likeness (QED) is 0.914. The zero-order valence-corrected chi connectivity index (χ0v) is 12.1. The molecule has 1 N–H and O–H groups in total. The van der Waals surface area contributed by atoms with Crippen molar-refractivity contribution in [1.82, 2.24) is 9.55 Å². The molecule has 0 amide bonds. The normalized spacial score (nSPS) is 21.6. The Balaban J connectivity index is 1.96. The standard InChI is InChI=1S/C16H20N2O2/c1-10-11(2)18(9-17-10)15-7-4-12-8-13(20-3)5-6-14(12)16(15)19/h5-6,8-9,15-16,19H,4,7H2,1-3H3. The summed E-state index contributed by atoms with van der Waals surface area (Å²) in [7, 11) is 1.67. The predicted molar refractivity (Wildman–Crippen MR) is 77.0 cm³/mol. The Kier molecular flexibility index (Phi) is 3.26. The van der Waals surface area contributed by atoms with Crippen LogP contribution in [0.2, 0.25) is 0 Å². The molecule has 0 saturated heterocycles. The molecule has 1 aliphatic rings. The molecule has 1 aromatic carbocycles. The van der Waals surface area contributed by atoms with Crippen molar-refractivity contribution in [2.75, 3.05) is 7.11 Å². The van der Waals surface area contributed by atoms with Crippen molar-refractivity contribution in [3.63, 3.8) is 0 Å². The average Bonchev–Trinajstić information content (AvgIpc) is 2.79. The van der Waals surface area contributed by atoms with Gasteiger partial charge in [-0.15, -0.1) is 0 Å². The van der Waals surface area contributed by atoms with Gasteiger partial charge in [-0.2, -0.15) is 0 Å². The fourth-order valence-electron chi connectivity index (χ4n) is 3.02. The molecule has 4 heteroatoms. The molecule has 0 spiro atoms. The number of nitrogens with zero attached hydrogens (tertiary/aromatic N) is 2. The van der Waals surface area contributed by atoms with Gasteiger partial charge >= 0.3 is 0 Å². The van der Waals surface area contributed by atoms with Crippen molar-refractivity contribution < 1.29 is 9.84 Å². The maximum absolute atomic E-state index is 10.7. The van der Waals surface area contributed by atoms with Crippen LogP contribution in [0.3, 0.4) is 0 Å². The monoisotopic (exact) mass is 272 g/mol. The number of benzene rings is 1. The lowest BCUT2D eigenvalue weighted by atomic mass is 9.85. The number of hydrogen-bond donors (Lipinski definition) is 1. The maximum atomic E-state index is 10.7. The Morgan fingerprint density at radius 3 is 2.80 bits per heavy atom. The third kappa shape index (κ3) is 2.00. The molecular weight excluding hydrogens is 252 g/mol. The van der Waals surface area contributed by atoms with Gasteiger partial charge in [0, 0.05) is 5.69 Å². The Bertz CT molecular complexity index is 633. The minimum atomic E-state index is -0.489. The average molecular weight is 272 g/mol. The van der Waals surface area contributed by atoms with E-state index in [2.05, 4.69) is 16.5 Å². The summed E-state index contributed by atoms with van der Waals surface area (Å²) in [5.41, 5.74) is 4.35. The molecule has 0 saturated carbocycles. The lowest BCUT2D eigenvalue weighted by Gasteiger charge is -2.32. The SMILES string of the molecule is COc1ccc2c(c1)CCC(n1cnc(C)c1C)C2O. The summed E-state index contributed by atoms with van der Waals surface area (Å²) in [6.07, 6.45) is 3.22. The topological polar surface area (TPSA) is 47.3 Å². The first-order valence-electron chi connectivity index (χ1n) is 6.96. The van der Waals surface area contributed by atoms with Crippen LogP contribution in [0.1, 0.15) is 41.1 Å². The van der Waals surface area contributed by atoms with Crippen LogP contribution in [0.5, 0.6) is 5.75 Å². The van der Waals surface area contributed by atoms with Crippen LogP contribution in [0, 0.1) is 13.8 Å². The van der Waals surface area contributed by atoms with E-state index in [4.69, 9.17) is 4.74 Å². The number of fused-ring (bicyclic) bond motifs is 1. The van der Waals surface area contributed by atoms with E-state index in [1.54, 1.807) is 7.11 Å². The van der Waals surface area contributed by atoms with E-state index in [1.807, 2.05) is 31.5 Å². The second-order valence-corrected chi connectivity index (χ2v) is 5.44. The molecule has 20 heavy (non-hydrogen) atoms. The number of aromatic nitrogens is 2. The third-order valence-corrected chi connectivity index (χ3v) is 4.39. The van der Waals surface area contributed by atoms with Gasteiger partial charge in [0.2, 0.25) is 0 Å². The largest absolute Gasteiger partial charge is 0.497 e. The molecule has 1 aliphatic carbocycles. The van der Waals surface area contributed by atoms with Crippen LogP contribution >= 0.6 is 0 Å². The number of aryl methyl sites for hydroxylation is 2. The minimum absolute atomic E-state index is 0.0668. The van der Waals surface area contributed by atoms with Crippen LogP contribution in [0.25, 0.3) is 0 Å². The molecule has 1 aromatic heterocycles. The molecule has 2 unspecified atom stereocenters. The van der Waals surface area contributed by atoms with Crippen molar-refractivity contribution in [2.45, 2.75) is 38.8 Å². The number of hydrogen-bond acceptors (Lipinski definition) is 3. The Morgan fingerprint density at radius 1 is 1.35 bits per heavy atom. The van der Waals surface area contributed by atoms with Gasteiger partial charge in [0.1, 0.15) is 5.75 Å². The molecule has 2 aromatic rings. The molecule has 2 atom stereocenters. The van der Waals surface area contributed by atoms with Crippen LogP contribution < -0.4 is 4.74 Å². The highest BCUT2D eigenvalue weighted by Gasteiger charge is 2.30. The maximum Gasteiger partial charge on any atom is 0.119 e. The Morgan fingerprint density at radius 2 is 2.15 bits per heavy atom. The fraction of sp³-hybridized carbons (Fsp3) is 0.438. The van der Waals surface area contributed by atoms with Crippen LogP contribution in [0.4, 0.5) is 0 Å². The third-order valence-electron chi connectivity index (χ3n) is 4.39. The first kappa shape index (κ1) is 13.2. The number of aliphatic hydroxyl groups is 1. The summed E-state index contributed by atoms with van der Waals surface area (Å²) in [6, 6.07) is 5.98. The van der Waals surface area contributed by atoms with Crippen LogP contribution in [-0.4, -0.2) is 21.8 Å². The molecule has 0 bridgehead atoms. The number of ether oxygens (including phenoxy) is 1. The molecular formula is C16H20N2O2. The fourth-order valence-corrected chi connectivity index (χ4v) is 3.02. The van der Waals surface area contributed by atoms with Gasteiger partial charge in [-0.3, -0.25) is 0 Å². The van der Waals surface area contributed by atoms with Gasteiger partial charge in [0.05, 0.1) is 31.3 Å². The number of aliphatic hydroxyl groups excluding tert-OH is 1. The van der Waals surface area contributed by atoms with Gasteiger partial charge in [-0.25, -0.2) is 4.98 Å². The summed E-state index contributed by atoms with van der Waals surface area (Å²) in [4.78, 5) is 4.34. The van der Waals surface area contributed by atoms with E-state index in [-0.39, 0.29) is 6.04 Å². The van der Waals surface area contributed by atoms with Gasteiger partial charge in [0.15, 0.2) is 0 Å². The first-order valence-corrected chi connectivity index (χ1v) is 6.96. The van der Waals surface area contributed by atoms with Crippen LogP contribution in [-0.2, 0) is 6.42 Å². The first-order chi connectivity index (χ1) is 9.61. The summed E-state index contributed by atoms with van der Waals surface area (Å²) in [6.45, 7) is 4.05. The predicted octanol–water partition coefficient (Wildman–Crippen LogP) is 2.73. The summed E-state index contributed by atoms with van der Waals surface area (Å²) in [5.74, 6) is 0.851. The van der Waals surface area contributed by atoms with E-state index in [9.17, 15) is 5.11 Å².